The predicted octanol–water partition coefficient (Wildman–Crippen LogP) is 1.34. The topological polar surface area (TPSA) is 61.8 Å². The molecule has 0 aromatic rings. The Morgan fingerprint density at radius 2 is 2.40 bits per heavy atom. The first-order valence-electron chi connectivity index (χ1n) is 5.58. The highest BCUT2D eigenvalue weighted by Gasteiger charge is 2.25. The molecule has 1 unspecified atom stereocenters. The van der Waals surface area contributed by atoms with E-state index in [1.54, 1.807) is 0 Å². The van der Waals surface area contributed by atoms with Crippen LogP contribution in [0.5, 0.6) is 0 Å². The van der Waals surface area contributed by atoms with E-state index < -0.39 is 0 Å². The number of nitrogens with two attached hydrogens (primary N) is 1. The largest absolute Gasteiger partial charge is 0.409 e. The molecule has 1 rings (SSSR count). The molecule has 1 saturated heterocycles. The summed E-state index contributed by atoms with van der Waals surface area (Å²) in [5.41, 5.74) is 5.69. The van der Waals surface area contributed by atoms with E-state index in [0.29, 0.717) is 5.84 Å². The smallest absolute Gasteiger partial charge is 0.156 e. The van der Waals surface area contributed by atoms with Gasteiger partial charge in [0.15, 0.2) is 5.84 Å². The second kappa shape index (κ2) is 6.95. The van der Waals surface area contributed by atoms with E-state index in [1.165, 1.54) is 12.8 Å². The van der Waals surface area contributed by atoms with Crippen LogP contribution in [-0.4, -0.2) is 46.6 Å². The average Bonchev–Trinajstić information content (AvgIpc) is 2.29. The molecule has 5 heteroatoms. The van der Waals surface area contributed by atoms with Gasteiger partial charge in [-0.1, -0.05) is 18.5 Å². The molecule has 0 saturated carbocycles. The number of likely N-dealkylation sites (tertiary alicyclic amines) is 1. The lowest BCUT2D eigenvalue weighted by molar-refractivity contribution is 0.197. The van der Waals surface area contributed by atoms with Crippen molar-refractivity contribution in [3.8, 4) is 0 Å². The van der Waals surface area contributed by atoms with Gasteiger partial charge in [-0.05, 0) is 25.1 Å². The molecule has 0 radical (unpaired) electrons. The van der Waals surface area contributed by atoms with Gasteiger partial charge in [-0.15, -0.1) is 0 Å². The number of piperidine rings is 1. The highest BCUT2D eigenvalue weighted by atomic mass is 32.2. The fourth-order valence-electron chi connectivity index (χ4n) is 1.99. The zero-order valence-electron chi connectivity index (χ0n) is 9.35. The van der Waals surface area contributed by atoms with E-state index in [4.69, 9.17) is 10.9 Å². The van der Waals surface area contributed by atoms with E-state index in [1.807, 2.05) is 11.8 Å². The first-order chi connectivity index (χ1) is 7.29. The van der Waals surface area contributed by atoms with Gasteiger partial charge in [0.1, 0.15) is 0 Å². The Kier molecular flexibility index (Phi) is 5.86. The maximum Gasteiger partial charge on any atom is 0.156 e. The van der Waals surface area contributed by atoms with E-state index in [9.17, 15) is 0 Å². The van der Waals surface area contributed by atoms with Crippen molar-refractivity contribution in [3.63, 3.8) is 0 Å². The summed E-state index contributed by atoms with van der Waals surface area (Å²) < 4.78 is 0. The Morgan fingerprint density at radius 1 is 1.60 bits per heavy atom. The van der Waals surface area contributed by atoms with Gasteiger partial charge >= 0.3 is 0 Å². The summed E-state index contributed by atoms with van der Waals surface area (Å²) in [5.74, 6) is 2.66. The van der Waals surface area contributed by atoms with Crippen molar-refractivity contribution in [1.82, 2.24) is 4.90 Å². The van der Waals surface area contributed by atoms with Gasteiger partial charge in [0.25, 0.3) is 0 Å². The quantitative estimate of drug-likeness (QED) is 0.246. The van der Waals surface area contributed by atoms with Crippen molar-refractivity contribution >= 4 is 17.6 Å². The van der Waals surface area contributed by atoms with E-state index in [0.717, 1.165) is 31.0 Å². The Morgan fingerprint density at radius 3 is 3.07 bits per heavy atom. The maximum atomic E-state index is 8.71. The molecule has 88 valence electrons. The predicted molar refractivity (Wildman–Crippen MR) is 65.6 cm³/mol. The van der Waals surface area contributed by atoms with Gasteiger partial charge in [0.2, 0.25) is 0 Å². The van der Waals surface area contributed by atoms with E-state index >= 15 is 0 Å². The van der Waals surface area contributed by atoms with Crippen molar-refractivity contribution in [1.29, 1.82) is 0 Å². The molecule has 1 aliphatic rings. The maximum absolute atomic E-state index is 8.71. The number of thioether (sulfide) groups is 1. The molecule has 1 atom stereocenters. The number of rotatable bonds is 5. The van der Waals surface area contributed by atoms with Gasteiger partial charge in [-0.25, -0.2) is 0 Å². The minimum Gasteiger partial charge on any atom is -0.409 e. The fraction of sp³-hybridized carbons (Fsp3) is 0.900. The zero-order valence-corrected chi connectivity index (χ0v) is 10.2. The highest BCUT2D eigenvalue weighted by Crippen LogP contribution is 2.17. The van der Waals surface area contributed by atoms with Gasteiger partial charge in [-0.2, -0.15) is 11.8 Å². The van der Waals surface area contributed by atoms with Gasteiger partial charge < -0.3 is 10.9 Å². The third-order valence-electron chi connectivity index (χ3n) is 2.80. The molecule has 0 aromatic heterocycles. The lowest BCUT2D eigenvalue weighted by atomic mass is 10.0. The van der Waals surface area contributed by atoms with Crippen molar-refractivity contribution in [2.75, 3.05) is 24.6 Å². The SMILES string of the molecule is CCSCCN1CCCCC1C(N)=NO. The summed E-state index contributed by atoms with van der Waals surface area (Å²) in [5, 5.41) is 11.8. The number of amidine groups is 1. The zero-order chi connectivity index (χ0) is 11.1. The molecular weight excluding hydrogens is 210 g/mol. The van der Waals surface area contributed by atoms with Crippen LogP contribution in [0.3, 0.4) is 0 Å². The molecule has 3 N–H and O–H groups in total. The van der Waals surface area contributed by atoms with E-state index in [2.05, 4.69) is 17.0 Å². The van der Waals surface area contributed by atoms with Crippen molar-refractivity contribution < 1.29 is 5.21 Å². The first-order valence-corrected chi connectivity index (χ1v) is 6.74. The molecule has 15 heavy (non-hydrogen) atoms. The van der Waals surface area contributed by atoms with Crippen molar-refractivity contribution in [2.24, 2.45) is 10.9 Å². The molecule has 4 nitrogen and oxygen atoms in total. The lowest BCUT2D eigenvalue weighted by Crippen LogP contribution is -2.48. The highest BCUT2D eigenvalue weighted by molar-refractivity contribution is 7.99. The van der Waals surface area contributed by atoms with Crippen LogP contribution >= 0.6 is 11.8 Å². The molecule has 1 heterocycles. The first kappa shape index (κ1) is 12.6. The molecule has 0 bridgehead atoms. The second-order valence-electron chi connectivity index (χ2n) is 3.77. The van der Waals surface area contributed by atoms with Crippen LogP contribution in [0.2, 0.25) is 0 Å². The van der Waals surface area contributed by atoms with Crippen LogP contribution in [0.25, 0.3) is 0 Å². The van der Waals surface area contributed by atoms with Crippen LogP contribution in [0.4, 0.5) is 0 Å². The number of hydrogen-bond acceptors (Lipinski definition) is 4. The van der Waals surface area contributed by atoms with Crippen molar-refractivity contribution in [2.45, 2.75) is 32.2 Å². The Bertz CT molecular complexity index is 211. The Labute approximate surface area is 95.9 Å². The van der Waals surface area contributed by atoms with E-state index in [-0.39, 0.29) is 6.04 Å². The number of nitrogens with zero attached hydrogens (tertiary/aromatic N) is 2. The van der Waals surface area contributed by atoms with Crippen LogP contribution < -0.4 is 5.73 Å². The Balaban J connectivity index is 2.43. The molecule has 0 aliphatic carbocycles. The lowest BCUT2D eigenvalue weighted by Gasteiger charge is -2.34. The summed E-state index contributed by atoms with van der Waals surface area (Å²) in [6, 6.07) is 0.154. The second-order valence-corrected chi connectivity index (χ2v) is 5.16. The molecule has 0 aromatic carbocycles. The van der Waals surface area contributed by atoms with Crippen LogP contribution in [0.15, 0.2) is 5.16 Å². The van der Waals surface area contributed by atoms with Crippen LogP contribution in [-0.2, 0) is 0 Å². The summed E-state index contributed by atoms with van der Waals surface area (Å²) in [7, 11) is 0. The van der Waals surface area contributed by atoms with Gasteiger partial charge in [0, 0.05) is 12.3 Å². The summed E-state index contributed by atoms with van der Waals surface area (Å²) in [4.78, 5) is 2.33. The van der Waals surface area contributed by atoms with Crippen molar-refractivity contribution in [3.05, 3.63) is 0 Å². The monoisotopic (exact) mass is 231 g/mol. The normalized spacial score (nSPS) is 24.3. The van der Waals surface area contributed by atoms with Gasteiger partial charge in [0.05, 0.1) is 6.04 Å². The van der Waals surface area contributed by atoms with Crippen LogP contribution in [0.1, 0.15) is 26.2 Å². The summed E-state index contributed by atoms with van der Waals surface area (Å²) >= 11 is 1.94. The van der Waals surface area contributed by atoms with Crippen LogP contribution in [0, 0.1) is 0 Å². The average molecular weight is 231 g/mol. The Hall–Kier alpha value is -0.420. The number of oxime groups is 1. The summed E-state index contributed by atoms with van der Waals surface area (Å²) in [6.45, 7) is 4.28. The summed E-state index contributed by atoms with van der Waals surface area (Å²) in [6.07, 6.45) is 3.43. The molecular formula is C10H21N3OS. The number of hydrogen-bond donors (Lipinski definition) is 2. The third-order valence-corrected chi connectivity index (χ3v) is 3.68. The standard InChI is InChI=1S/C10H21N3OS/c1-2-15-8-7-13-6-4-3-5-9(13)10(11)12-14/h9,14H,2-8H2,1H3,(H2,11,12). The molecule has 0 amide bonds. The molecule has 1 fully saturated rings. The van der Waals surface area contributed by atoms with Gasteiger partial charge in [-0.3, -0.25) is 4.90 Å². The molecule has 0 spiro atoms. The minimum absolute atomic E-state index is 0.154. The third kappa shape index (κ3) is 3.91. The molecule has 1 aliphatic heterocycles. The minimum atomic E-state index is 0.154. The fourth-order valence-corrected chi connectivity index (χ4v) is 2.64.